The monoisotopic (exact) mass is 587 g/mol. The number of aromatic nitrogens is 2. The number of carbonyl (C=O) groups is 1. The summed E-state index contributed by atoms with van der Waals surface area (Å²) in [7, 11) is 0. The first kappa shape index (κ1) is 30.2. The average Bonchev–Trinajstić information content (AvgIpc) is 3.10. The van der Waals surface area contributed by atoms with Crippen LogP contribution in [0.5, 0.6) is 0 Å². The van der Waals surface area contributed by atoms with E-state index in [1.54, 1.807) is 24.3 Å². The van der Waals surface area contributed by atoms with E-state index in [2.05, 4.69) is 53.5 Å². The maximum Gasteiger partial charge on any atom is 0.342 e. The fourth-order valence-electron chi connectivity index (χ4n) is 6.18. The summed E-state index contributed by atoms with van der Waals surface area (Å²) in [5, 5.41) is 10.5. The molecule has 9 heteroatoms. The van der Waals surface area contributed by atoms with Gasteiger partial charge in [-0.25, -0.2) is 14.2 Å². The second kappa shape index (κ2) is 10.6. The smallest absolute Gasteiger partial charge is 0.342 e. The highest BCUT2D eigenvalue weighted by Crippen LogP contribution is 2.50. The molecule has 0 aliphatic heterocycles. The first-order chi connectivity index (χ1) is 18.4. The summed E-state index contributed by atoms with van der Waals surface area (Å²) in [4.78, 5) is 32.2. The number of carbonyl (C=O) groups excluding carboxylic acids is 1. The summed E-state index contributed by atoms with van der Waals surface area (Å²) >= 11 is 13.0. The fourth-order valence-corrected chi connectivity index (χ4v) is 6.67. The topological polar surface area (TPSA) is 107 Å². The first-order valence-corrected chi connectivity index (χ1v) is 14.4. The summed E-state index contributed by atoms with van der Waals surface area (Å²) in [5.41, 5.74) is 6.11. The first-order valence-electron chi connectivity index (χ1n) is 13.6. The number of halogens is 2. The van der Waals surface area contributed by atoms with Crippen molar-refractivity contribution >= 4 is 46.4 Å². The van der Waals surface area contributed by atoms with Gasteiger partial charge in [-0.2, -0.15) is 0 Å². The van der Waals surface area contributed by atoms with Crippen LogP contribution in [0.3, 0.4) is 0 Å². The molecule has 2 heterocycles. The molecule has 40 heavy (non-hydrogen) atoms. The van der Waals surface area contributed by atoms with Crippen molar-refractivity contribution in [1.82, 2.24) is 9.38 Å². The molecule has 2 aromatic heterocycles. The Hall–Kier alpha value is -2.77. The van der Waals surface area contributed by atoms with Gasteiger partial charge < -0.3 is 15.6 Å². The van der Waals surface area contributed by atoms with Crippen LogP contribution in [0.2, 0.25) is 10.2 Å². The lowest BCUT2D eigenvalue weighted by atomic mass is 9.59. The standard InChI is InChI=1S/C31H39Cl2N3O4/c1-15-13-19(30(3,4)5)24(20(14-15)31(6,7)8)40-29(39)23-22(17-9-11-18(32)12-10-17)25(33)36-27(23)35-26(34)21(16(2)37)28(36)38/h9-12,15,19-20,24,37H,13-14H2,1-8H3,(H2,34,35). The van der Waals surface area contributed by atoms with Gasteiger partial charge in [0.05, 0.1) is 0 Å². The van der Waals surface area contributed by atoms with E-state index < -0.39 is 11.5 Å². The third kappa shape index (κ3) is 5.42. The highest BCUT2D eigenvalue weighted by atomic mass is 35.5. The number of nitrogen functional groups attached to an aromatic ring is 1. The van der Waals surface area contributed by atoms with E-state index in [-0.39, 0.29) is 61.9 Å². The molecule has 0 bridgehead atoms. The summed E-state index contributed by atoms with van der Waals surface area (Å²) in [6.45, 7) is 16.7. The van der Waals surface area contributed by atoms with Crippen molar-refractivity contribution in [3.63, 3.8) is 0 Å². The van der Waals surface area contributed by atoms with E-state index in [1.807, 2.05) is 0 Å². The third-order valence-corrected chi connectivity index (χ3v) is 8.87. The van der Waals surface area contributed by atoms with Crippen molar-refractivity contribution in [3.05, 3.63) is 55.6 Å². The molecule has 216 valence electrons. The van der Waals surface area contributed by atoms with Crippen LogP contribution in [0, 0.1) is 28.6 Å². The molecule has 1 fully saturated rings. The van der Waals surface area contributed by atoms with Crippen molar-refractivity contribution < 1.29 is 14.6 Å². The van der Waals surface area contributed by atoms with Gasteiger partial charge in [-0.15, -0.1) is 0 Å². The summed E-state index contributed by atoms with van der Waals surface area (Å²) < 4.78 is 7.60. The maximum absolute atomic E-state index is 14.3. The van der Waals surface area contributed by atoms with E-state index in [9.17, 15) is 14.7 Å². The van der Waals surface area contributed by atoms with Crippen LogP contribution < -0.4 is 16.5 Å². The summed E-state index contributed by atoms with van der Waals surface area (Å²) in [6.07, 6.45) is 1.49. The van der Waals surface area contributed by atoms with E-state index in [0.717, 1.165) is 17.2 Å². The summed E-state index contributed by atoms with van der Waals surface area (Å²) in [6, 6.07) is 6.79. The molecule has 2 unspecified atom stereocenters. The Balaban J connectivity index is 1.99. The number of ether oxygens (including phenoxy) is 1. The Kier molecular flexibility index (Phi) is 7.98. The van der Waals surface area contributed by atoms with Gasteiger partial charge in [0, 0.05) is 22.4 Å². The lowest BCUT2D eigenvalue weighted by Crippen LogP contribution is -2.49. The molecule has 3 N–H and O–H groups in total. The molecule has 2 atom stereocenters. The van der Waals surface area contributed by atoms with Crippen LogP contribution in [-0.2, 0) is 4.74 Å². The number of aliphatic hydroxyl groups excluding tert-OH is 1. The Morgan fingerprint density at radius 1 is 1.05 bits per heavy atom. The zero-order chi connectivity index (χ0) is 29.9. The number of fused-ring (bicyclic) bond motifs is 1. The fraction of sp³-hybridized carbons (Fsp3) is 0.516. The lowest BCUT2D eigenvalue weighted by Gasteiger charge is -2.50. The maximum atomic E-state index is 14.3. The molecular weight excluding hydrogens is 549 g/mol. The number of nitrogens with two attached hydrogens (primary N) is 1. The minimum Gasteiger partial charge on any atom is -0.512 e. The van der Waals surface area contributed by atoms with Crippen molar-refractivity contribution in [3.8, 4) is 11.1 Å². The average molecular weight is 589 g/mol. The highest BCUT2D eigenvalue weighted by molar-refractivity contribution is 6.34. The molecule has 4 rings (SSSR count). The Morgan fingerprint density at radius 2 is 1.57 bits per heavy atom. The second-order valence-corrected chi connectivity index (χ2v) is 14.2. The molecule has 1 aliphatic rings. The largest absolute Gasteiger partial charge is 0.512 e. The molecule has 0 spiro atoms. The number of aliphatic hydroxyl groups is 1. The van der Waals surface area contributed by atoms with E-state index in [4.69, 9.17) is 33.7 Å². The predicted molar refractivity (Wildman–Crippen MR) is 162 cm³/mol. The molecule has 7 nitrogen and oxygen atoms in total. The van der Waals surface area contributed by atoms with Crippen LogP contribution in [0.15, 0.2) is 29.1 Å². The quantitative estimate of drug-likeness (QED) is 0.321. The van der Waals surface area contributed by atoms with Crippen molar-refractivity contribution in [1.29, 1.82) is 0 Å². The second-order valence-electron chi connectivity index (χ2n) is 13.4. The normalized spacial score (nSPS) is 22.9. The van der Waals surface area contributed by atoms with Crippen LogP contribution in [0.4, 0.5) is 5.82 Å². The van der Waals surface area contributed by atoms with Gasteiger partial charge in [-0.1, -0.05) is 83.8 Å². The molecule has 0 amide bonds. The van der Waals surface area contributed by atoms with Gasteiger partial charge in [0.15, 0.2) is 5.65 Å². The molecule has 0 saturated heterocycles. The zero-order valence-corrected chi connectivity index (χ0v) is 25.9. The minimum absolute atomic E-state index is 0.0174. The molecule has 1 aliphatic carbocycles. The van der Waals surface area contributed by atoms with E-state index in [1.165, 1.54) is 6.92 Å². The van der Waals surface area contributed by atoms with Crippen molar-refractivity contribution in [2.45, 2.75) is 74.3 Å². The predicted octanol–water partition coefficient (Wildman–Crippen LogP) is 6.94. The van der Waals surface area contributed by atoms with Crippen LogP contribution in [0.1, 0.15) is 78.6 Å². The number of nitrogens with zero attached hydrogens (tertiary/aromatic N) is 2. The third-order valence-electron chi connectivity index (χ3n) is 8.26. The van der Waals surface area contributed by atoms with Gasteiger partial charge in [0.2, 0.25) is 0 Å². The lowest BCUT2D eigenvalue weighted by molar-refractivity contribution is -0.0922. The Bertz CT molecular complexity index is 1540. The number of anilines is 1. The SMILES string of the molecule is CC(O)=c1c(N)nc2c(C(=O)OC3C(C(C)(C)C)CC(C)CC3C(C)(C)C)c(-c3ccc(Cl)cc3)c(Cl)n2c1=O. The van der Waals surface area contributed by atoms with Gasteiger partial charge >= 0.3 is 5.97 Å². The van der Waals surface area contributed by atoms with Gasteiger partial charge in [-0.3, -0.25) is 4.79 Å². The summed E-state index contributed by atoms with van der Waals surface area (Å²) in [5.74, 6) is -0.413. The minimum atomic E-state index is -0.673. The molecule has 1 aromatic carbocycles. The Labute approximate surface area is 245 Å². The number of rotatable bonds is 3. The van der Waals surface area contributed by atoms with E-state index in [0.29, 0.717) is 22.1 Å². The molecule has 3 aromatic rings. The highest BCUT2D eigenvalue weighted by Gasteiger charge is 2.48. The van der Waals surface area contributed by atoms with Crippen molar-refractivity contribution in [2.24, 2.45) is 28.6 Å². The number of esters is 1. The Morgan fingerprint density at radius 3 is 2.05 bits per heavy atom. The van der Waals surface area contributed by atoms with Gasteiger partial charge in [0.1, 0.15) is 33.6 Å². The number of benzene rings is 1. The van der Waals surface area contributed by atoms with Crippen molar-refractivity contribution in [2.75, 3.05) is 5.73 Å². The molecule has 1 saturated carbocycles. The van der Waals surface area contributed by atoms with Gasteiger partial charge in [-0.05, 0) is 54.2 Å². The van der Waals surface area contributed by atoms with E-state index >= 15 is 0 Å². The van der Waals surface area contributed by atoms with Crippen LogP contribution in [0.25, 0.3) is 22.5 Å². The molecular formula is C31H39Cl2N3O4. The van der Waals surface area contributed by atoms with Gasteiger partial charge in [0.25, 0.3) is 5.56 Å². The van der Waals surface area contributed by atoms with Crippen LogP contribution >= 0.6 is 23.2 Å². The van der Waals surface area contributed by atoms with Crippen LogP contribution in [-0.4, -0.2) is 26.6 Å². The zero-order valence-electron chi connectivity index (χ0n) is 24.4. The number of hydrogen-bond donors (Lipinski definition) is 2. The molecule has 0 radical (unpaired) electrons. The number of hydrogen-bond acceptors (Lipinski definition) is 6.